The summed E-state index contributed by atoms with van der Waals surface area (Å²) in [6.07, 6.45) is 2.02. The van der Waals surface area contributed by atoms with Crippen LogP contribution >= 0.6 is 12.6 Å². The van der Waals surface area contributed by atoms with E-state index in [0.717, 1.165) is 18.6 Å². The molecule has 0 aliphatic heterocycles. The zero-order valence-electron chi connectivity index (χ0n) is 9.48. The first-order valence-corrected chi connectivity index (χ1v) is 6.07. The number of thiol groups is 1. The second-order valence-corrected chi connectivity index (χ2v) is 4.93. The van der Waals surface area contributed by atoms with Gasteiger partial charge in [0.05, 0.1) is 5.60 Å². The van der Waals surface area contributed by atoms with Crippen LogP contribution in [0.2, 0.25) is 0 Å². The number of hydrogen-bond donors (Lipinski definition) is 2. The molecule has 1 rings (SSSR count). The molecule has 1 unspecified atom stereocenters. The Morgan fingerprint density at radius 3 is 2.33 bits per heavy atom. The lowest BCUT2D eigenvalue weighted by Gasteiger charge is -2.29. The molecule has 0 saturated carbocycles. The Morgan fingerprint density at radius 1 is 1.27 bits per heavy atom. The standard InChI is InChI=1S/C13H20OS/c1-13(2,14)12(9-6-10-15)11-7-4-3-5-8-11/h3-5,7-8,12,14-15H,6,9-10H2,1-2H3. The molecule has 15 heavy (non-hydrogen) atoms. The van der Waals surface area contributed by atoms with Gasteiger partial charge in [-0.3, -0.25) is 0 Å². The molecule has 0 bridgehead atoms. The third-order valence-electron chi connectivity index (χ3n) is 2.71. The maximum absolute atomic E-state index is 10.1. The van der Waals surface area contributed by atoms with Gasteiger partial charge in [0.2, 0.25) is 0 Å². The Hall–Kier alpha value is -0.470. The van der Waals surface area contributed by atoms with Gasteiger partial charge >= 0.3 is 0 Å². The summed E-state index contributed by atoms with van der Waals surface area (Å²) in [5.74, 6) is 1.07. The van der Waals surface area contributed by atoms with Crippen LogP contribution in [0.4, 0.5) is 0 Å². The van der Waals surface area contributed by atoms with Crippen molar-refractivity contribution in [2.24, 2.45) is 0 Å². The maximum Gasteiger partial charge on any atom is 0.0659 e. The smallest absolute Gasteiger partial charge is 0.0659 e. The molecule has 0 heterocycles. The first-order chi connectivity index (χ1) is 7.05. The summed E-state index contributed by atoms with van der Waals surface area (Å²) >= 11 is 4.22. The molecule has 84 valence electrons. The van der Waals surface area contributed by atoms with Crippen molar-refractivity contribution in [3.05, 3.63) is 35.9 Å². The minimum absolute atomic E-state index is 0.200. The lowest BCUT2D eigenvalue weighted by molar-refractivity contribution is 0.0464. The van der Waals surface area contributed by atoms with E-state index in [0.29, 0.717) is 0 Å². The molecule has 1 aromatic rings. The van der Waals surface area contributed by atoms with Gasteiger partial charge < -0.3 is 5.11 Å². The van der Waals surface area contributed by atoms with Gasteiger partial charge in [-0.1, -0.05) is 30.3 Å². The number of hydrogen-bond acceptors (Lipinski definition) is 2. The molecule has 1 aromatic carbocycles. The van der Waals surface area contributed by atoms with Crippen molar-refractivity contribution in [1.29, 1.82) is 0 Å². The highest BCUT2D eigenvalue weighted by atomic mass is 32.1. The van der Waals surface area contributed by atoms with E-state index in [-0.39, 0.29) is 5.92 Å². The highest BCUT2D eigenvalue weighted by molar-refractivity contribution is 7.80. The zero-order chi connectivity index (χ0) is 11.3. The summed E-state index contributed by atoms with van der Waals surface area (Å²) in [5.41, 5.74) is 0.552. The second-order valence-electron chi connectivity index (χ2n) is 4.48. The molecule has 0 aromatic heterocycles. The van der Waals surface area contributed by atoms with Crippen LogP contribution < -0.4 is 0 Å². The van der Waals surface area contributed by atoms with Crippen LogP contribution in [0.5, 0.6) is 0 Å². The van der Waals surface area contributed by atoms with Crippen molar-refractivity contribution >= 4 is 12.6 Å². The van der Waals surface area contributed by atoms with Crippen molar-refractivity contribution in [1.82, 2.24) is 0 Å². The van der Waals surface area contributed by atoms with E-state index in [1.54, 1.807) is 0 Å². The molecule has 0 aliphatic carbocycles. The average molecular weight is 224 g/mol. The van der Waals surface area contributed by atoms with Gasteiger partial charge in [0.1, 0.15) is 0 Å². The van der Waals surface area contributed by atoms with Gasteiger partial charge in [-0.05, 0) is 38.0 Å². The molecule has 0 aliphatic rings. The van der Waals surface area contributed by atoms with Crippen LogP contribution in [0.1, 0.15) is 38.2 Å². The van der Waals surface area contributed by atoms with Gasteiger partial charge in [-0.2, -0.15) is 12.6 Å². The molecule has 0 amide bonds. The van der Waals surface area contributed by atoms with Crippen LogP contribution in [0, 0.1) is 0 Å². The van der Waals surface area contributed by atoms with Gasteiger partial charge in [-0.25, -0.2) is 0 Å². The topological polar surface area (TPSA) is 20.2 Å². The summed E-state index contributed by atoms with van der Waals surface area (Å²) in [5, 5.41) is 10.1. The van der Waals surface area contributed by atoms with Gasteiger partial charge in [-0.15, -0.1) is 0 Å². The van der Waals surface area contributed by atoms with E-state index < -0.39 is 5.60 Å². The van der Waals surface area contributed by atoms with Crippen LogP contribution in [0.25, 0.3) is 0 Å². The fourth-order valence-electron chi connectivity index (χ4n) is 1.91. The molecular formula is C13H20OS. The molecule has 2 heteroatoms. The Bertz CT molecular complexity index is 276. The first kappa shape index (κ1) is 12.6. The molecular weight excluding hydrogens is 204 g/mol. The normalized spacial score (nSPS) is 13.9. The van der Waals surface area contributed by atoms with E-state index in [1.807, 2.05) is 32.0 Å². The summed E-state index contributed by atoms with van der Waals surface area (Å²) in [6, 6.07) is 10.2. The number of benzene rings is 1. The minimum Gasteiger partial charge on any atom is -0.390 e. The van der Waals surface area contributed by atoms with E-state index in [9.17, 15) is 5.11 Å². The first-order valence-electron chi connectivity index (χ1n) is 5.44. The highest BCUT2D eigenvalue weighted by Gasteiger charge is 2.27. The van der Waals surface area contributed by atoms with Crippen molar-refractivity contribution in [3.63, 3.8) is 0 Å². The summed E-state index contributed by atoms with van der Waals surface area (Å²) in [4.78, 5) is 0. The van der Waals surface area contributed by atoms with Crippen LogP contribution in [0.15, 0.2) is 30.3 Å². The fourth-order valence-corrected chi connectivity index (χ4v) is 2.09. The lowest BCUT2D eigenvalue weighted by Crippen LogP contribution is -2.29. The number of aliphatic hydroxyl groups is 1. The van der Waals surface area contributed by atoms with Crippen LogP contribution in [0.3, 0.4) is 0 Å². The summed E-state index contributed by atoms with van der Waals surface area (Å²) < 4.78 is 0. The van der Waals surface area contributed by atoms with Gasteiger partial charge in [0.15, 0.2) is 0 Å². The predicted molar refractivity (Wildman–Crippen MR) is 68.6 cm³/mol. The molecule has 0 fully saturated rings. The Labute approximate surface area is 97.9 Å². The second kappa shape index (κ2) is 5.57. The Morgan fingerprint density at radius 2 is 1.87 bits per heavy atom. The van der Waals surface area contributed by atoms with Crippen LogP contribution in [-0.2, 0) is 0 Å². The van der Waals surface area contributed by atoms with E-state index in [4.69, 9.17) is 0 Å². The summed E-state index contributed by atoms with van der Waals surface area (Å²) in [6.45, 7) is 3.76. The van der Waals surface area contributed by atoms with Gasteiger partial charge in [0.25, 0.3) is 0 Å². The van der Waals surface area contributed by atoms with Gasteiger partial charge in [0, 0.05) is 5.92 Å². The van der Waals surface area contributed by atoms with Crippen molar-refractivity contribution < 1.29 is 5.11 Å². The quantitative estimate of drug-likeness (QED) is 0.736. The third-order valence-corrected chi connectivity index (χ3v) is 3.02. The van der Waals surface area contributed by atoms with E-state index in [1.165, 1.54) is 5.56 Å². The molecule has 1 atom stereocenters. The largest absolute Gasteiger partial charge is 0.390 e. The van der Waals surface area contributed by atoms with Crippen LogP contribution in [-0.4, -0.2) is 16.5 Å². The maximum atomic E-state index is 10.1. The van der Waals surface area contributed by atoms with Crippen molar-refractivity contribution in [3.8, 4) is 0 Å². The minimum atomic E-state index is -0.662. The number of rotatable bonds is 5. The Kier molecular flexibility index (Phi) is 4.68. The van der Waals surface area contributed by atoms with E-state index in [2.05, 4.69) is 24.8 Å². The zero-order valence-corrected chi connectivity index (χ0v) is 10.4. The third kappa shape index (κ3) is 3.88. The Balaban J connectivity index is 2.82. The van der Waals surface area contributed by atoms with Crippen molar-refractivity contribution in [2.45, 2.75) is 38.2 Å². The lowest BCUT2D eigenvalue weighted by atomic mass is 9.82. The highest BCUT2D eigenvalue weighted by Crippen LogP contribution is 2.32. The monoisotopic (exact) mass is 224 g/mol. The molecule has 1 nitrogen and oxygen atoms in total. The SMILES string of the molecule is CC(C)(O)C(CCCS)c1ccccc1. The summed E-state index contributed by atoms with van der Waals surface area (Å²) in [7, 11) is 0. The molecule has 0 spiro atoms. The molecule has 0 radical (unpaired) electrons. The van der Waals surface area contributed by atoms with Crippen molar-refractivity contribution in [2.75, 3.05) is 5.75 Å². The fraction of sp³-hybridized carbons (Fsp3) is 0.538. The molecule has 1 N–H and O–H groups in total. The average Bonchev–Trinajstić information content (AvgIpc) is 2.18. The molecule has 0 saturated heterocycles. The predicted octanol–water partition coefficient (Wildman–Crippen LogP) is 3.25. The van der Waals surface area contributed by atoms with E-state index >= 15 is 0 Å².